The molecule has 0 aromatic heterocycles. The third kappa shape index (κ3) is 19.0. The zero-order chi connectivity index (χ0) is 34.7. The molecule has 0 heterocycles. The highest BCUT2D eigenvalue weighted by molar-refractivity contribution is 5.67. The highest BCUT2D eigenvalue weighted by atomic mass is 16.5. The van der Waals surface area contributed by atoms with E-state index in [-0.39, 0.29) is 39.3 Å². The number of ether oxygens (including phenoxy) is 2. The summed E-state index contributed by atoms with van der Waals surface area (Å²) in [6, 6.07) is 0. The Morgan fingerprint density at radius 2 is 0.523 bits per heavy atom. The van der Waals surface area contributed by atoms with E-state index in [4.69, 9.17) is 81.0 Å². The first-order valence-electron chi connectivity index (χ1n) is 13.7. The van der Waals surface area contributed by atoms with Crippen LogP contribution in [0.1, 0.15) is 25.7 Å². The van der Waals surface area contributed by atoms with Gasteiger partial charge in [-0.15, -0.1) is 0 Å². The summed E-state index contributed by atoms with van der Waals surface area (Å²) >= 11 is 0. The second kappa shape index (κ2) is 26.6. The Bertz CT molecular complexity index is 559. The number of unbranched alkanes of at least 4 members (excludes halogenated alkanes) is 1. The van der Waals surface area contributed by atoms with E-state index >= 15 is 0 Å². The van der Waals surface area contributed by atoms with Gasteiger partial charge in [-0.2, -0.15) is 0 Å². The maximum atomic E-state index is 9.90. The average molecular weight is 655 g/mol. The molecule has 44 heavy (non-hydrogen) atoms. The molecule has 0 rings (SSSR count). The highest BCUT2D eigenvalue weighted by Gasteiger charge is 2.34. The molecule has 14 N–H and O–H groups in total. The molecule has 0 aromatic rings. The summed E-state index contributed by atoms with van der Waals surface area (Å²) in [5, 5.41) is 125. The first kappa shape index (κ1) is 46.8. The van der Waals surface area contributed by atoms with Crippen LogP contribution in [0, 0.1) is 21.7 Å². The van der Waals surface area contributed by atoms with Gasteiger partial charge in [0.1, 0.15) is 0 Å². The smallest absolute Gasteiger partial charge is 0.303 e. The first-order chi connectivity index (χ1) is 20.8. The molecule has 0 amide bonds. The Morgan fingerprint density at radius 3 is 0.636 bits per heavy atom. The molecule has 0 aliphatic heterocycles. The Hall–Kier alpha value is -1.62. The molecule has 0 atom stereocenters. The molecule has 0 aliphatic rings. The van der Waals surface area contributed by atoms with Gasteiger partial charge in [0.15, 0.2) is 0 Å². The summed E-state index contributed by atoms with van der Waals surface area (Å²) in [6.45, 7) is -6.01. The van der Waals surface area contributed by atoms with Gasteiger partial charge in [-0.3, -0.25) is 9.59 Å². The average Bonchev–Trinajstić information content (AvgIpc) is 3.05. The van der Waals surface area contributed by atoms with E-state index in [0.717, 1.165) is 0 Å². The van der Waals surface area contributed by atoms with Gasteiger partial charge in [0.25, 0.3) is 0 Å². The lowest BCUT2D eigenvalue weighted by Crippen LogP contribution is -2.43. The number of carboxylic acid groups (broad SMARTS) is 2. The van der Waals surface area contributed by atoms with Crippen molar-refractivity contribution >= 4 is 11.9 Å². The maximum Gasteiger partial charge on any atom is 0.303 e. The molecular formula is C26H54O18. The van der Waals surface area contributed by atoms with E-state index in [1.54, 1.807) is 0 Å². The first-order valence-corrected chi connectivity index (χ1v) is 13.7. The molecule has 0 unspecified atom stereocenters. The fourth-order valence-electron chi connectivity index (χ4n) is 2.67. The lowest BCUT2D eigenvalue weighted by Gasteiger charge is -2.31. The Kier molecular flexibility index (Phi) is 28.3. The van der Waals surface area contributed by atoms with Crippen molar-refractivity contribution in [2.24, 2.45) is 21.7 Å². The van der Waals surface area contributed by atoms with Crippen LogP contribution in [0.3, 0.4) is 0 Å². The van der Waals surface area contributed by atoms with Gasteiger partial charge >= 0.3 is 11.9 Å². The van der Waals surface area contributed by atoms with Crippen LogP contribution in [0.2, 0.25) is 0 Å². The molecule has 266 valence electrons. The molecule has 18 nitrogen and oxygen atoms in total. The van der Waals surface area contributed by atoms with E-state index in [9.17, 15) is 9.59 Å². The van der Waals surface area contributed by atoms with Crippen molar-refractivity contribution in [1.82, 2.24) is 0 Å². The van der Waals surface area contributed by atoms with Crippen molar-refractivity contribution in [3.05, 3.63) is 0 Å². The number of hydrogen-bond donors (Lipinski definition) is 14. The van der Waals surface area contributed by atoms with Crippen LogP contribution < -0.4 is 0 Å². The Labute approximate surface area is 256 Å². The summed E-state index contributed by atoms with van der Waals surface area (Å²) < 4.78 is 10.3. The van der Waals surface area contributed by atoms with Gasteiger partial charge in [-0.05, 0) is 12.8 Å². The van der Waals surface area contributed by atoms with Gasteiger partial charge in [0.05, 0.1) is 127 Å². The normalized spacial score (nSPS) is 12.2. The van der Waals surface area contributed by atoms with Crippen molar-refractivity contribution < 1.29 is 90.6 Å². The minimum absolute atomic E-state index is 0.0628. The maximum absolute atomic E-state index is 9.90. The minimum atomic E-state index is -1.16. The summed E-state index contributed by atoms with van der Waals surface area (Å²) in [5.41, 5.74) is -4.64. The molecule has 0 aromatic carbocycles. The van der Waals surface area contributed by atoms with Crippen LogP contribution in [0.4, 0.5) is 0 Å². The zero-order valence-corrected chi connectivity index (χ0v) is 25.0. The predicted octanol–water partition coefficient (Wildman–Crippen LogP) is -5.42. The van der Waals surface area contributed by atoms with E-state index in [0.29, 0.717) is 12.8 Å². The molecule has 0 bridgehead atoms. The van der Waals surface area contributed by atoms with Crippen molar-refractivity contribution in [2.75, 3.05) is 106 Å². The number of carboxylic acids is 2. The lowest BCUT2D eigenvalue weighted by molar-refractivity contribution is -0.139. The second-order valence-electron chi connectivity index (χ2n) is 10.9. The van der Waals surface area contributed by atoms with Crippen molar-refractivity contribution in [1.29, 1.82) is 0 Å². The zero-order valence-electron chi connectivity index (χ0n) is 25.0. The number of carbonyl (C=O) groups is 2. The molecule has 0 saturated heterocycles. The monoisotopic (exact) mass is 654 g/mol. The molecule has 0 spiro atoms. The number of aliphatic carboxylic acids is 2. The van der Waals surface area contributed by atoms with Crippen LogP contribution in [0.25, 0.3) is 0 Å². The van der Waals surface area contributed by atoms with Gasteiger partial charge in [0, 0.05) is 12.8 Å². The van der Waals surface area contributed by atoms with Crippen LogP contribution in [0.15, 0.2) is 0 Å². The number of hydrogen-bond acceptors (Lipinski definition) is 16. The molecule has 0 aliphatic carbocycles. The van der Waals surface area contributed by atoms with E-state index < -0.39 is 113 Å². The number of rotatable bonds is 25. The van der Waals surface area contributed by atoms with Gasteiger partial charge in [-0.25, -0.2) is 0 Å². The van der Waals surface area contributed by atoms with Crippen LogP contribution in [-0.4, -0.2) is 189 Å². The quantitative estimate of drug-likeness (QED) is 0.0408. The standard InChI is InChI=1S/2C10H22O7.C6H10O4/c2*11-1-9(2-12,3-13)7-17-8-10(4-14,5-15)6-16;7-5(8)3-1-2-4-6(9)10/h2*11-16H,1-8H2;1-4H2,(H,7,8)(H,9,10). The molecule has 0 radical (unpaired) electrons. The third-order valence-corrected chi connectivity index (χ3v) is 6.69. The van der Waals surface area contributed by atoms with Crippen molar-refractivity contribution in [3.8, 4) is 0 Å². The van der Waals surface area contributed by atoms with Crippen LogP contribution in [0.5, 0.6) is 0 Å². The Balaban J connectivity index is -0.000000594. The molecule has 0 fully saturated rings. The summed E-state index contributed by atoms with van der Waals surface area (Å²) in [6.07, 6.45) is 1.02. The number of aliphatic hydroxyl groups excluding tert-OH is 12. The molecular weight excluding hydrogens is 600 g/mol. The highest BCUT2D eigenvalue weighted by Crippen LogP contribution is 2.21. The van der Waals surface area contributed by atoms with E-state index in [2.05, 4.69) is 0 Å². The largest absolute Gasteiger partial charge is 0.481 e. The topological polar surface area (TPSA) is 336 Å². The fourth-order valence-corrected chi connectivity index (χ4v) is 2.67. The molecule has 0 saturated carbocycles. The third-order valence-electron chi connectivity index (χ3n) is 6.69. The van der Waals surface area contributed by atoms with E-state index in [1.165, 1.54) is 0 Å². The van der Waals surface area contributed by atoms with Gasteiger partial charge in [0.2, 0.25) is 0 Å². The van der Waals surface area contributed by atoms with E-state index in [1.807, 2.05) is 0 Å². The summed E-state index contributed by atoms with van der Waals surface area (Å²) in [5.74, 6) is -1.74. The lowest BCUT2D eigenvalue weighted by atomic mass is 9.91. The minimum Gasteiger partial charge on any atom is -0.481 e. The van der Waals surface area contributed by atoms with Gasteiger partial charge in [-0.1, -0.05) is 0 Å². The second-order valence-corrected chi connectivity index (χ2v) is 10.9. The SMILES string of the molecule is O=C(O)CCCCC(=O)O.OCC(CO)(CO)COCC(CO)(CO)CO.OCC(CO)(CO)COCC(CO)(CO)CO. The predicted molar refractivity (Wildman–Crippen MR) is 150 cm³/mol. The summed E-state index contributed by atoms with van der Waals surface area (Å²) in [4.78, 5) is 19.8. The fraction of sp³-hybridized carbons (Fsp3) is 0.923. The van der Waals surface area contributed by atoms with Gasteiger partial charge < -0.3 is 81.0 Å². The van der Waals surface area contributed by atoms with Crippen LogP contribution >= 0.6 is 0 Å². The Morgan fingerprint density at radius 1 is 0.364 bits per heavy atom. The molecule has 18 heteroatoms. The van der Waals surface area contributed by atoms with Crippen LogP contribution in [-0.2, 0) is 19.1 Å². The van der Waals surface area contributed by atoms with Crippen molar-refractivity contribution in [2.45, 2.75) is 25.7 Å². The van der Waals surface area contributed by atoms with Crippen molar-refractivity contribution in [3.63, 3.8) is 0 Å². The number of aliphatic hydroxyl groups is 12. The summed E-state index contributed by atoms with van der Waals surface area (Å²) in [7, 11) is 0.